The van der Waals surface area contributed by atoms with Crippen molar-refractivity contribution >= 4 is 0 Å². The van der Waals surface area contributed by atoms with E-state index in [1.165, 1.54) is 12.8 Å². The third-order valence-corrected chi connectivity index (χ3v) is 2.49. The lowest BCUT2D eigenvalue weighted by atomic mass is 9.79. The van der Waals surface area contributed by atoms with E-state index in [9.17, 15) is 0 Å². The van der Waals surface area contributed by atoms with Gasteiger partial charge in [-0.25, -0.2) is 0 Å². The Kier molecular flexibility index (Phi) is 4.13. The molecule has 0 bridgehead atoms. The summed E-state index contributed by atoms with van der Waals surface area (Å²) in [6.45, 7) is 15.5. The van der Waals surface area contributed by atoms with Gasteiger partial charge in [0, 0.05) is 0 Å². The average molecular weight is 155 g/mol. The van der Waals surface area contributed by atoms with Gasteiger partial charge in [0.15, 0.2) is 0 Å². The zero-order valence-corrected chi connectivity index (χ0v) is 8.78. The minimum Gasteiger partial charge on any atom is -0.0651 e. The summed E-state index contributed by atoms with van der Waals surface area (Å²) in [4.78, 5) is 0. The lowest BCUT2D eigenvalue weighted by molar-refractivity contribution is 0.268. The van der Waals surface area contributed by atoms with E-state index < -0.39 is 0 Å². The highest BCUT2D eigenvalue weighted by atomic mass is 14.2. The third-order valence-electron chi connectivity index (χ3n) is 2.49. The summed E-state index contributed by atoms with van der Waals surface area (Å²) in [7, 11) is 0. The zero-order valence-electron chi connectivity index (χ0n) is 8.78. The zero-order chi connectivity index (χ0) is 9.07. The Morgan fingerprint density at radius 2 is 1.64 bits per heavy atom. The first-order valence-corrected chi connectivity index (χ1v) is 4.72. The first kappa shape index (κ1) is 11.0. The van der Waals surface area contributed by atoms with Crippen LogP contribution in [-0.4, -0.2) is 0 Å². The molecule has 0 aromatic heterocycles. The first-order chi connectivity index (χ1) is 4.87. The molecule has 0 heteroatoms. The molecule has 0 aliphatic carbocycles. The molecule has 0 rings (SSSR count). The van der Waals surface area contributed by atoms with Gasteiger partial charge in [0.05, 0.1) is 0 Å². The molecule has 0 fully saturated rings. The van der Waals surface area contributed by atoms with Crippen LogP contribution in [0.2, 0.25) is 0 Å². The molecule has 1 radical (unpaired) electrons. The molecule has 67 valence electrons. The molecule has 0 spiro atoms. The third kappa shape index (κ3) is 5.29. The summed E-state index contributed by atoms with van der Waals surface area (Å²) in [5.41, 5.74) is 0.253. The van der Waals surface area contributed by atoms with Gasteiger partial charge in [-0.1, -0.05) is 41.0 Å². The Morgan fingerprint density at radius 1 is 1.18 bits per heavy atom. The van der Waals surface area contributed by atoms with Gasteiger partial charge in [0.25, 0.3) is 0 Å². The second-order valence-electron chi connectivity index (χ2n) is 4.73. The largest absolute Gasteiger partial charge is 0.0651 e. The maximum absolute atomic E-state index is 4.13. The van der Waals surface area contributed by atoms with E-state index in [0.717, 1.165) is 11.8 Å². The summed E-state index contributed by atoms with van der Waals surface area (Å²) in [6.07, 6.45) is 2.53. The first-order valence-electron chi connectivity index (χ1n) is 4.72. The van der Waals surface area contributed by atoms with Crippen LogP contribution in [0, 0.1) is 24.2 Å². The lowest BCUT2D eigenvalue weighted by Gasteiger charge is -2.26. The topological polar surface area (TPSA) is 0 Å². The Balaban J connectivity index is 3.77. The SMILES string of the molecule is [CH2]C(C)(C)CC(C)C(C)CC. The van der Waals surface area contributed by atoms with E-state index in [1.807, 2.05) is 0 Å². The van der Waals surface area contributed by atoms with Crippen LogP contribution >= 0.6 is 0 Å². The van der Waals surface area contributed by atoms with Gasteiger partial charge in [-0.3, -0.25) is 0 Å². The average Bonchev–Trinajstić information content (AvgIpc) is 1.82. The molecular weight excluding hydrogens is 132 g/mol. The fourth-order valence-corrected chi connectivity index (χ4v) is 1.48. The Morgan fingerprint density at radius 3 is 1.91 bits per heavy atom. The normalized spacial score (nSPS) is 18.0. The second kappa shape index (κ2) is 4.13. The van der Waals surface area contributed by atoms with Gasteiger partial charge in [-0.2, -0.15) is 0 Å². The van der Waals surface area contributed by atoms with Crippen molar-refractivity contribution in [1.29, 1.82) is 0 Å². The van der Waals surface area contributed by atoms with Crippen molar-refractivity contribution in [3.63, 3.8) is 0 Å². The molecule has 2 atom stereocenters. The van der Waals surface area contributed by atoms with Crippen LogP contribution in [-0.2, 0) is 0 Å². The van der Waals surface area contributed by atoms with Gasteiger partial charge in [0.2, 0.25) is 0 Å². The Bertz CT molecular complexity index is 97.1. The van der Waals surface area contributed by atoms with Crippen molar-refractivity contribution in [2.45, 2.75) is 47.5 Å². The molecule has 0 aromatic carbocycles. The van der Waals surface area contributed by atoms with Crippen LogP contribution in [0.15, 0.2) is 0 Å². The molecule has 0 nitrogen and oxygen atoms in total. The van der Waals surface area contributed by atoms with Gasteiger partial charge in [-0.15, -0.1) is 0 Å². The van der Waals surface area contributed by atoms with Crippen LogP contribution in [0.3, 0.4) is 0 Å². The monoisotopic (exact) mass is 155 g/mol. The molecule has 2 unspecified atom stereocenters. The van der Waals surface area contributed by atoms with Crippen LogP contribution in [0.1, 0.15) is 47.5 Å². The molecule has 0 heterocycles. The maximum atomic E-state index is 4.13. The number of rotatable bonds is 4. The van der Waals surface area contributed by atoms with E-state index >= 15 is 0 Å². The highest BCUT2D eigenvalue weighted by Crippen LogP contribution is 2.29. The van der Waals surface area contributed by atoms with Crippen molar-refractivity contribution in [3.8, 4) is 0 Å². The highest BCUT2D eigenvalue weighted by Gasteiger charge is 2.18. The summed E-state index contributed by atoms with van der Waals surface area (Å²) < 4.78 is 0. The molecule has 0 N–H and O–H groups in total. The predicted molar refractivity (Wildman–Crippen MR) is 52.4 cm³/mol. The number of hydrogen-bond acceptors (Lipinski definition) is 0. The predicted octanol–water partition coefficient (Wildman–Crippen LogP) is 3.92. The molecule has 11 heavy (non-hydrogen) atoms. The van der Waals surface area contributed by atoms with Gasteiger partial charge < -0.3 is 0 Å². The van der Waals surface area contributed by atoms with Crippen LogP contribution in [0.5, 0.6) is 0 Å². The summed E-state index contributed by atoms with van der Waals surface area (Å²) in [6, 6.07) is 0. The number of hydrogen-bond donors (Lipinski definition) is 0. The highest BCUT2D eigenvalue weighted by molar-refractivity contribution is 4.75. The Hall–Kier alpha value is 0. The summed E-state index contributed by atoms with van der Waals surface area (Å²) in [5.74, 6) is 1.66. The molecular formula is C11H23. The van der Waals surface area contributed by atoms with Crippen LogP contribution in [0.4, 0.5) is 0 Å². The minimum atomic E-state index is 0.253. The van der Waals surface area contributed by atoms with Crippen molar-refractivity contribution in [1.82, 2.24) is 0 Å². The quantitative estimate of drug-likeness (QED) is 0.577. The van der Waals surface area contributed by atoms with E-state index in [2.05, 4.69) is 41.5 Å². The van der Waals surface area contributed by atoms with E-state index in [4.69, 9.17) is 0 Å². The minimum absolute atomic E-state index is 0.253. The maximum Gasteiger partial charge on any atom is -0.0351 e. The van der Waals surface area contributed by atoms with Crippen molar-refractivity contribution < 1.29 is 0 Å². The van der Waals surface area contributed by atoms with E-state index in [0.29, 0.717) is 0 Å². The molecule has 0 saturated carbocycles. The lowest BCUT2D eigenvalue weighted by Crippen LogP contribution is -2.16. The van der Waals surface area contributed by atoms with Gasteiger partial charge >= 0.3 is 0 Å². The van der Waals surface area contributed by atoms with Crippen molar-refractivity contribution in [2.75, 3.05) is 0 Å². The second-order valence-corrected chi connectivity index (χ2v) is 4.73. The standard InChI is InChI=1S/C11H23/c1-7-9(2)10(3)8-11(4,5)6/h9-10H,4,7-8H2,1-3,5-6H3. The van der Waals surface area contributed by atoms with Crippen LogP contribution in [0.25, 0.3) is 0 Å². The fraction of sp³-hybridized carbons (Fsp3) is 0.909. The molecule has 0 aromatic rings. The van der Waals surface area contributed by atoms with Crippen molar-refractivity contribution in [2.24, 2.45) is 17.3 Å². The molecule has 0 aliphatic heterocycles. The smallest absolute Gasteiger partial charge is 0.0351 e. The molecule has 0 saturated heterocycles. The Labute approximate surface area is 72.4 Å². The van der Waals surface area contributed by atoms with Crippen molar-refractivity contribution in [3.05, 3.63) is 6.92 Å². The summed E-state index contributed by atoms with van der Waals surface area (Å²) in [5, 5.41) is 0. The molecule has 0 amide bonds. The molecule has 0 aliphatic rings. The van der Waals surface area contributed by atoms with Crippen LogP contribution < -0.4 is 0 Å². The van der Waals surface area contributed by atoms with E-state index in [-0.39, 0.29) is 5.41 Å². The summed E-state index contributed by atoms with van der Waals surface area (Å²) >= 11 is 0. The fourth-order valence-electron chi connectivity index (χ4n) is 1.48. The van der Waals surface area contributed by atoms with Gasteiger partial charge in [-0.05, 0) is 30.6 Å². The van der Waals surface area contributed by atoms with E-state index in [1.54, 1.807) is 0 Å². The van der Waals surface area contributed by atoms with Gasteiger partial charge in [0.1, 0.15) is 0 Å².